The van der Waals surface area contributed by atoms with Crippen molar-refractivity contribution in [2.24, 2.45) is 5.73 Å². The topological polar surface area (TPSA) is 54.7 Å². The third kappa shape index (κ3) is 2.08. The van der Waals surface area contributed by atoms with Crippen LogP contribution < -0.4 is 5.73 Å². The lowest BCUT2D eigenvalue weighted by molar-refractivity contribution is 0.628. The average Bonchev–Trinajstić information content (AvgIpc) is 2.61. The first-order valence-corrected chi connectivity index (χ1v) is 5.20. The molecule has 78 valence electrons. The maximum atomic E-state index is 12.7. The third-order valence-electron chi connectivity index (χ3n) is 2.07. The normalized spacial score (nSPS) is 10.6. The van der Waals surface area contributed by atoms with Crippen LogP contribution in [-0.4, -0.2) is 9.97 Å². The second-order valence-corrected chi connectivity index (χ2v) is 3.82. The molecule has 0 aliphatic carbocycles. The minimum Gasteiger partial charge on any atom is -0.335 e. The molecular formula is C10H9BrFN3. The quantitative estimate of drug-likeness (QED) is 0.880. The summed E-state index contributed by atoms with van der Waals surface area (Å²) in [5.74, 6) is -0.261. The van der Waals surface area contributed by atoms with E-state index in [0.29, 0.717) is 11.3 Å². The van der Waals surface area contributed by atoms with E-state index in [9.17, 15) is 4.39 Å². The lowest BCUT2D eigenvalue weighted by atomic mass is 10.1. The number of benzene rings is 1. The first-order chi connectivity index (χ1) is 7.20. The van der Waals surface area contributed by atoms with Gasteiger partial charge in [0.1, 0.15) is 5.82 Å². The van der Waals surface area contributed by atoms with E-state index in [1.54, 1.807) is 12.1 Å². The van der Waals surface area contributed by atoms with Gasteiger partial charge < -0.3 is 10.7 Å². The summed E-state index contributed by atoms with van der Waals surface area (Å²) in [6, 6.07) is 6.16. The molecule has 5 heteroatoms. The predicted molar refractivity (Wildman–Crippen MR) is 59.6 cm³/mol. The molecule has 0 radical (unpaired) electrons. The van der Waals surface area contributed by atoms with Gasteiger partial charge in [-0.15, -0.1) is 0 Å². The number of hydrogen-bond donors (Lipinski definition) is 2. The third-order valence-corrected chi connectivity index (χ3v) is 2.45. The van der Waals surface area contributed by atoms with Gasteiger partial charge in [-0.1, -0.05) is 0 Å². The molecule has 3 N–H and O–H groups in total. The van der Waals surface area contributed by atoms with Gasteiger partial charge >= 0.3 is 0 Å². The molecule has 0 amide bonds. The summed E-state index contributed by atoms with van der Waals surface area (Å²) in [6.07, 6.45) is 0. The summed E-state index contributed by atoms with van der Waals surface area (Å²) in [4.78, 5) is 7.23. The smallest absolute Gasteiger partial charge is 0.175 e. The summed E-state index contributed by atoms with van der Waals surface area (Å²) in [5, 5.41) is 0. The van der Waals surface area contributed by atoms with Gasteiger partial charge in [-0.3, -0.25) is 0 Å². The lowest BCUT2D eigenvalue weighted by Gasteiger charge is -1.99. The SMILES string of the molecule is NCc1[nH]c(Br)nc1-c1ccc(F)cc1. The summed E-state index contributed by atoms with van der Waals surface area (Å²) >= 11 is 3.24. The van der Waals surface area contributed by atoms with Crippen molar-refractivity contribution in [1.29, 1.82) is 0 Å². The number of hydrogen-bond acceptors (Lipinski definition) is 2. The van der Waals surface area contributed by atoms with Crippen LogP contribution in [0.15, 0.2) is 29.0 Å². The number of halogens is 2. The van der Waals surface area contributed by atoms with Crippen LogP contribution in [-0.2, 0) is 6.54 Å². The Kier molecular flexibility index (Phi) is 2.83. The summed E-state index contributed by atoms with van der Waals surface area (Å²) < 4.78 is 13.4. The molecule has 1 aromatic heterocycles. The Labute approximate surface area is 94.7 Å². The highest BCUT2D eigenvalue weighted by Crippen LogP contribution is 2.23. The number of H-pyrrole nitrogens is 1. The van der Waals surface area contributed by atoms with Crippen molar-refractivity contribution in [2.45, 2.75) is 6.54 Å². The number of imidazole rings is 1. The highest BCUT2D eigenvalue weighted by molar-refractivity contribution is 9.10. The first kappa shape index (κ1) is 10.3. The molecule has 1 aromatic carbocycles. The molecule has 0 unspecified atom stereocenters. The molecular weight excluding hydrogens is 261 g/mol. The van der Waals surface area contributed by atoms with Gasteiger partial charge in [-0.25, -0.2) is 9.37 Å². The van der Waals surface area contributed by atoms with Crippen molar-refractivity contribution in [3.8, 4) is 11.3 Å². The van der Waals surface area contributed by atoms with Gasteiger partial charge in [0.2, 0.25) is 0 Å². The Hall–Kier alpha value is -1.20. The Morgan fingerprint density at radius 1 is 1.33 bits per heavy atom. The maximum Gasteiger partial charge on any atom is 0.175 e. The maximum absolute atomic E-state index is 12.7. The van der Waals surface area contributed by atoms with E-state index in [1.807, 2.05) is 0 Å². The van der Waals surface area contributed by atoms with Crippen molar-refractivity contribution in [3.05, 3.63) is 40.5 Å². The van der Waals surface area contributed by atoms with Crippen LogP contribution in [0.2, 0.25) is 0 Å². The van der Waals surface area contributed by atoms with E-state index in [4.69, 9.17) is 5.73 Å². The highest BCUT2D eigenvalue weighted by atomic mass is 79.9. The number of aromatic amines is 1. The zero-order chi connectivity index (χ0) is 10.8. The fourth-order valence-electron chi connectivity index (χ4n) is 1.37. The van der Waals surface area contributed by atoms with Crippen LogP contribution in [0.5, 0.6) is 0 Å². The molecule has 15 heavy (non-hydrogen) atoms. The Bertz CT molecular complexity index is 464. The number of nitrogens with zero attached hydrogens (tertiary/aromatic N) is 1. The Morgan fingerprint density at radius 2 is 2.00 bits per heavy atom. The van der Waals surface area contributed by atoms with Crippen LogP contribution in [0.4, 0.5) is 4.39 Å². The van der Waals surface area contributed by atoms with Gasteiger partial charge in [0.15, 0.2) is 4.73 Å². The van der Waals surface area contributed by atoms with Crippen molar-refractivity contribution in [1.82, 2.24) is 9.97 Å². The van der Waals surface area contributed by atoms with Crippen LogP contribution in [0.25, 0.3) is 11.3 Å². The summed E-state index contributed by atoms with van der Waals surface area (Å²) in [7, 11) is 0. The first-order valence-electron chi connectivity index (χ1n) is 4.41. The molecule has 0 saturated carbocycles. The van der Waals surface area contributed by atoms with Crippen LogP contribution >= 0.6 is 15.9 Å². The number of rotatable bonds is 2. The molecule has 0 spiro atoms. The summed E-state index contributed by atoms with van der Waals surface area (Å²) in [6.45, 7) is 0.366. The Balaban J connectivity index is 2.48. The van der Waals surface area contributed by atoms with E-state index in [-0.39, 0.29) is 5.82 Å². The number of nitrogens with two attached hydrogens (primary N) is 1. The van der Waals surface area contributed by atoms with Crippen molar-refractivity contribution < 1.29 is 4.39 Å². The van der Waals surface area contributed by atoms with E-state index in [0.717, 1.165) is 17.0 Å². The molecule has 0 aliphatic heterocycles. The lowest BCUT2D eigenvalue weighted by Crippen LogP contribution is -1.98. The van der Waals surface area contributed by atoms with Gasteiger partial charge in [0.25, 0.3) is 0 Å². The fourth-order valence-corrected chi connectivity index (χ4v) is 1.79. The van der Waals surface area contributed by atoms with Gasteiger partial charge in [0, 0.05) is 12.1 Å². The molecule has 0 fully saturated rings. The van der Waals surface area contributed by atoms with Crippen LogP contribution in [0.1, 0.15) is 5.69 Å². The zero-order valence-corrected chi connectivity index (χ0v) is 9.38. The molecule has 2 aromatic rings. The molecule has 3 nitrogen and oxygen atoms in total. The monoisotopic (exact) mass is 269 g/mol. The molecule has 2 rings (SSSR count). The van der Waals surface area contributed by atoms with Gasteiger partial charge in [-0.05, 0) is 40.2 Å². The Morgan fingerprint density at radius 3 is 2.60 bits per heavy atom. The molecule has 0 saturated heterocycles. The number of nitrogens with one attached hydrogen (secondary N) is 1. The highest BCUT2D eigenvalue weighted by Gasteiger charge is 2.09. The fraction of sp³-hybridized carbons (Fsp3) is 0.100. The van der Waals surface area contributed by atoms with Crippen LogP contribution in [0.3, 0.4) is 0 Å². The minimum absolute atomic E-state index is 0.261. The summed E-state index contributed by atoms with van der Waals surface area (Å²) in [5.41, 5.74) is 7.99. The van der Waals surface area contributed by atoms with Gasteiger partial charge in [0.05, 0.1) is 11.4 Å². The van der Waals surface area contributed by atoms with Crippen molar-refractivity contribution in [3.63, 3.8) is 0 Å². The predicted octanol–water partition coefficient (Wildman–Crippen LogP) is 2.44. The second kappa shape index (κ2) is 4.12. The molecule has 0 atom stereocenters. The second-order valence-electron chi connectivity index (χ2n) is 3.07. The van der Waals surface area contributed by atoms with Crippen LogP contribution in [0, 0.1) is 5.82 Å². The van der Waals surface area contributed by atoms with Crippen molar-refractivity contribution in [2.75, 3.05) is 0 Å². The van der Waals surface area contributed by atoms with E-state index < -0.39 is 0 Å². The number of aromatic nitrogens is 2. The van der Waals surface area contributed by atoms with Crippen molar-refractivity contribution >= 4 is 15.9 Å². The molecule has 1 heterocycles. The average molecular weight is 270 g/mol. The van der Waals surface area contributed by atoms with Gasteiger partial charge in [-0.2, -0.15) is 0 Å². The van der Waals surface area contributed by atoms with E-state index in [1.165, 1.54) is 12.1 Å². The zero-order valence-electron chi connectivity index (χ0n) is 7.80. The molecule has 0 bridgehead atoms. The largest absolute Gasteiger partial charge is 0.335 e. The van der Waals surface area contributed by atoms with E-state index in [2.05, 4.69) is 25.9 Å². The minimum atomic E-state index is -0.261. The standard InChI is InChI=1S/C10H9BrFN3/c11-10-14-8(5-13)9(15-10)6-1-3-7(12)4-2-6/h1-4H,5,13H2,(H,14,15). The van der Waals surface area contributed by atoms with E-state index >= 15 is 0 Å². The molecule has 0 aliphatic rings.